The Balaban J connectivity index is 2.38. The molecule has 0 atom stereocenters. The number of aryl methyl sites for hydroxylation is 1. The van der Waals surface area contributed by atoms with E-state index in [1.807, 2.05) is 0 Å². The van der Waals surface area contributed by atoms with Crippen LogP contribution in [0.1, 0.15) is 123 Å². The number of hydrogen-bond acceptors (Lipinski definition) is 0. The van der Waals surface area contributed by atoms with Crippen molar-refractivity contribution >= 4 is 0 Å². The molecular weight excluding hydrogens is 372 g/mol. The average molecular weight is 421 g/mol. The van der Waals surface area contributed by atoms with Crippen molar-refractivity contribution in [2.75, 3.05) is 0 Å². The maximum atomic E-state index is 2.47. The van der Waals surface area contributed by atoms with Crippen LogP contribution in [0.15, 0.2) is 36.4 Å². The summed E-state index contributed by atoms with van der Waals surface area (Å²) in [5.41, 5.74) is 9.76. The van der Waals surface area contributed by atoms with Crippen LogP contribution in [-0.4, -0.2) is 0 Å². The zero-order valence-corrected chi connectivity index (χ0v) is 22.6. The van der Waals surface area contributed by atoms with Gasteiger partial charge < -0.3 is 0 Å². The molecule has 0 bridgehead atoms. The summed E-state index contributed by atoms with van der Waals surface area (Å²) in [6, 6.07) is 14.2. The van der Waals surface area contributed by atoms with Crippen molar-refractivity contribution in [1.82, 2.24) is 0 Å². The quantitative estimate of drug-likeness (QED) is 0.462. The number of hydrogen-bond donors (Lipinski definition) is 0. The van der Waals surface area contributed by atoms with Gasteiger partial charge >= 0.3 is 0 Å². The summed E-state index contributed by atoms with van der Waals surface area (Å²) in [7, 11) is 0. The largest absolute Gasteiger partial charge is 0.0617 e. The Bertz CT molecular complexity index is 851. The van der Waals surface area contributed by atoms with Crippen LogP contribution in [0.4, 0.5) is 0 Å². The van der Waals surface area contributed by atoms with Crippen molar-refractivity contribution in [3.05, 3.63) is 69.8 Å². The van der Waals surface area contributed by atoms with Crippen LogP contribution in [0.2, 0.25) is 0 Å². The van der Waals surface area contributed by atoms with Crippen LogP contribution < -0.4 is 0 Å². The molecule has 0 aliphatic carbocycles. The summed E-state index contributed by atoms with van der Waals surface area (Å²) in [5, 5.41) is 0. The molecule has 0 fully saturated rings. The SMILES string of the molecule is CC(C)(C)c1ccc(CCCc2c(C(C)(C)C)cccc2C(C)(C)C)c(C(C)(C)C)c1. The Morgan fingerprint density at radius 2 is 1.00 bits per heavy atom. The van der Waals surface area contributed by atoms with Gasteiger partial charge in [-0.2, -0.15) is 0 Å². The maximum Gasteiger partial charge on any atom is -0.0129 e. The van der Waals surface area contributed by atoms with E-state index in [-0.39, 0.29) is 21.7 Å². The molecule has 0 spiro atoms. The predicted molar refractivity (Wildman–Crippen MR) is 140 cm³/mol. The standard InChI is InChI=1S/C31H48/c1-28(2,3)23-20-19-22(27(21-23)31(10,11)12)15-13-16-24-25(29(4,5)6)17-14-18-26(24)30(7,8)9/h14,17-21H,13,15-16H2,1-12H3. The third kappa shape index (κ3) is 6.47. The van der Waals surface area contributed by atoms with E-state index < -0.39 is 0 Å². The lowest BCUT2D eigenvalue weighted by molar-refractivity contribution is 0.549. The van der Waals surface area contributed by atoms with Crippen molar-refractivity contribution in [3.63, 3.8) is 0 Å². The smallest absolute Gasteiger partial charge is 0.0129 e. The summed E-state index contributed by atoms with van der Waals surface area (Å²) in [4.78, 5) is 0. The Morgan fingerprint density at radius 3 is 1.42 bits per heavy atom. The summed E-state index contributed by atoms with van der Waals surface area (Å²) in [5.74, 6) is 0. The molecule has 2 aromatic carbocycles. The molecule has 172 valence electrons. The second-order valence-corrected chi connectivity index (χ2v) is 13.6. The molecule has 0 aliphatic heterocycles. The zero-order chi connectivity index (χ0) is 23.8. The minimum absolute atomic E-state index is 0.163. The lowest BCUT2D eigenvalue weighted by Crippen LogP contribution is -2.21. The first-order valence-electron chi connectivity index (χ1n) is 12.2. The Hall–Kier alpha value is -1.56. The molecule has 0 nitrogen and oxygen atoms in total. The first kappa shape index (κ1) is 25.7. The van der Waals surface area contributed by atoms with Crippen LogP contribution in [0, 0.1) is 0 Å². The van der Waals surface area contributed by atoms with Crippen molar-refractivity contribution in [1.29, 1.82) is 0 Å². The summed E-state index contributed by atoms with van der Waals surface area (Å²) < 4.78 is 0. The fourth-order valence-electron chi connectivity index (χ4n) is 4.68. The van der Waals surface area contributed by atoms with E-state index in [9.17, 15) is 0 Å². The maximum absolute atomic E-state index is 2.47. The summed E-state index contributed by atoms with van der Waals surface area (Å²) >= 11 is 0. The molecule has 2 rings (SSSR count). The topological polar surface area (TPSA) is 0 Å². The van der Waals surface area contributed by atoms with Crippen molar-refractivity contribution < 1.29 is 0 Å². The van der Waals surface area contributed by atoms with Crippen molar-refractivity contribution in [2.24, 2.45) is 0 Å². The fourth-order valence-corrected chi connectivity index (χ4v) is 4.68. The Labute approximate surface area is 193 Å². The van der Waals surface area contributed by atoms with Gasteiger partial charge in [0.2, 0.25) is 0 Å². The highest BCUT2D eigenvalue weighted by atomic mass is 14.3. The first-order valence-corrected chi connectivity index (χ1v) is 12.2. The third-order valence-electron chi connectivity index (χ3n) is 6.45. The highest BCUT2D eigenvalue weighted by molar-refractivity contribution is 5.43. The molecule has 0 aliphatic rings. The minimum Gasteiger partial charge on any atom is -0.0617 e. The second-order valence-electron chi connectivity index (χ2n) is 13.6. The van der Waals surface area contributed by atoms with Crippen LogP contribution in [-0.2, 0) is 34.5 Å². The monoisotopic (exact) mass is 420 g/mol. The van der Waals surface area contributed by atoms with Gasteiger partial charge in [-0.3, -0.25) is 0 Å². The highest BCUT2D eigenvalue weighted by Crippen LogP contribution is 2.36. The van der Waals surface area contributed by atoms with E-state index >= 15 is 0 Å². The molecule has 0 unspecified atom stereocenters. The van der Waals surface area contributed by atoms with Gasteiger partial charge in [0.1, 0.15) is 0 Å². The lowest BCUT2D eigenvalue weighted by atomic mass is 9.74. The van der Waals surface area contributed by atoms with Crippen molar-refractivity contribution in [2.45, 2.75) is 124 Å². The molecular formula is C31H48. The molecule has 0 heterocycles. The minimum atomic E-state index is 0.163. The van der Waals surface area contributed by atoms with Gasteiger partial charge in [-0.05, 0) is 74.3 Å². The third-order valence-corrected chi connectivity index (χ3v) is 6.45. The van der Waals surface area contributed by atoms with Gasteiger partial charge in [0.15, 0.2) is 0 Å². The van der Waals surface area contributed by atoms with Crippen LogP contribution in [0.5, 0.6) is 0 Å². The Kier molecular flexibility index (Phi) is 7.26. The molecule has 31 heavy (non-hydrogen) atoms. The second kappa shape index (κ2) is 8.76. The zero-order valence-electron chi connectivity index (χ0n) is 22.6. The van der Waals surface area contributed by atoms with Gasteiger partial charge in [0.05, 0.1) is 0 Å². The molecule has 0 heteroatoms. The van der Waals surface area contributed by atoms with Gasteiger partial charge in [-0.25, -0.2) is 0 Å². The predicted octanol–water partition coefficient (Wildman–Crippen LogP) is 9.05. The number of rotatable bonds is 4. The highest BCUT2D eigenvalue weighted by Gasteiger charge is 2.26. The molecule has 0 saturated carbocycles. The van der Waals surface area contributed by atoms with Crippen molar-refractivity contribution in [3.8, 4) is 0 Å². The van der Waals surface area contributed by atoms with Gasteiger partial charge in [-0.15, -0.1) is 0 Å². The van der Waals surface area contributed by atoms with Crippen LogP contribution >= 0.6 is 0 Å². The van der Waals surface area contributed by atoms with E-state index in [1.54, 1.807) is 5.56 Å². The normalized spacial score (nSPS) is 13.5. The lowest BCUT2D eigenvalue weighted by Gasteiger charge is -2.30. The van der Waals surface area contributed by atoms with E-state index in [4.69, 9.17) is 0 Å². The van der Waals surface area contributed by atoms with E-state index in [2.05, 4.69) is 119 Å². The molecule has 0 saturated heterocycles. The molecule has 0 aromatic heterocycles. The molecule has 0 radical (unpaired) electrons. The van der Waals surface area contributed by atoms with Gasteiger partial charge in [0.25, 0.3) is 0 Å². The van der Waals surface area contributed by atoms with E-state index in [1.165, 1.54) is 34.2 Å². The molecule has 2 aromatic rings. The van der Waals surface area contributed by atoms with E-state index in [0.717, 1.165) is 12.8 Å². The van der Waals surface area contributed by atoms with Gasteiger partial charge in [-0.1, -0.05) is 119 Å². The molecule has 0 N–H and O–H groups in total. The fraction of sp³-hybridized carbons (Fsp3) is 0.613. The molecule has 0 amide bonds. The number of benzene rings is 2. The van der Waals surface area contributed by atoms with Gasteiger partial charge in [0, 0.05) is 0 Å². The van der Waals surface area contributed by atoms with Crippen LogP contribution in [0.3, 0.4) is 0 Å². The first-order chi connectivity index (χ1) is 13.9. The summed E-state index contributed by atoms with van der Waals surface area (Å²) in [6.45, 7) is 28.1. The average Bonchev–Trinajstić information content (AvgIpc) is 2.58. The van der Waals surface area contributed by atoms with Crippen LogP contribution in [0.25, 0.3) is 0 Å². The Morgan fingerprint density at radius 1 is 0.516 bits per heavy atom. The van der Waals surface area contributed by atoms with E-state index in [0.29, 0.717) is 0 Å². The summed E-state index contributed by atoms with van der Waals surface area (Å²) in [6.07, 6.45) is 3.47.